The maximum absolute atomic E-state index is 12.9. The minimum absolute atomic E-state index is 0.0638. The topological polar surface area (TPSA) is 175 Å². The molecule has 7 atom stereocenters. The number of nitrogens with one attached hydrogen (secondary N) is 1. The Labute approximate surface area is 401 Å². The molecule has 6 N–H and O–H groups in total. The SMILES string of the molecule is C/C=C/CC/C=C/CC/C=C/C(O)C(COC1OC(CO)C(O)C(O)C1O)NC(=O)CCCCCCC/C=C\CCCCOC(=O)CCCCCCCCC/C=C\CCCCCCCCC. The van der Waals surface area contributed by atoms with Gasteiger partial charge in [-0.2, -0.15) is 0 Å². The van der Waals surface area contributed by atoms with E-state index in [0.717, 1.165) is 83.5 Å². The first-order valence-corrected chi connectivity index (χ1v) is 26.5. The highest BCUT2D eigenvalue weighted by Crippen LogP contribution is 2.22. The van der Waals surface area contributed by atoms with E-state index in [9.17, 15) is 35.1 Å². The van der Waals surface area contributed by atoms with Crippen molar-refractivity contribution < 1.29 is 49.3 Å². The zero-order chi connectivity index (χ0) is 48.1. The number of aliphatic hydroxyl groups is 5. The Kier molecular flexibility index (Phi) is 41.7. The number of rotatable bonds is 44. The van der Waals surface area contributed by atoms with Crippen LogP contribution in [-0.4, -0.2) is 100 Å². The van der Waals surface area contributed by atoms with E-state index in [4.69, 9.17) is 14.2 Å². The number of unbranched alkanes of at least 4 members (excludes halogenated alkanes) is 23. The molecule has 0 radical (unpaired) electrons. The first-order valence-electron chi connectivity index (χ1n) is 26.5. The summed E-state index contributed by atoms with van der Waals surface area (Å²) in [6, 6.07) is -0.855. The van der Waals surface area contributed by atoms with Gasteiger partial charge in [0.25, 0.3) is 0 Å². The summed E-state index contributed by atoms with van der Waals surface area (Å²) < 4.78 is 16.6. The van der Waals surface area contributed by atoms with E-state index in [0.29, 0.717) is 25.9 Å². The highest BCUT2D eigenvalue weighted by Gasteiger charge is 2.44. The predicted molar refractivity (Wildman–Crippen MR) is 269 cm³/mol. The molecule has 0 aromatic carbocycles. The lowest BCUT2D eigenvalue weighted by molar-refractivity contribution is -0.302. The molecule has 11 nitrogen and oxygen atoms in total. The largest absolute Gasteiger partial charge is 0.466 e. The minimum atomic E-state index is -1.59. The fourth-order valence-corrected chi connectivity index (χ4v) is 7.87. The lowest BCUT2D eigenvalue weighted by Gasteiger charge is -2.40. The highest BCUT2D eigenvalue weighted by molar-refractivity contribution is 5.76. The summed E-state index contributed by atoms with van der Waals surface area (Å²) in [6.45, 7) is 3.96. The third-order valence-corrected chi connectivity index (χ3v) is 12.1. The molecule has 66 heavy (non-hydrogen) atoms. The van der Waals surface area contributed by atoms with Gasteiger partial charge in [0.2, 0.25) is 5.91 Å². The molecular weight excluding hydrogens is 835 g/mol. The maximum atomic E-state index is 12.9. The van der Waals surface area contributed by atoms with Crippen LogP contribution in [0, 0.1) is 0 Å². The number of aliphatic hydroxyl groups excluding tert-OH is 5. The molecule has 1 saturated heterocycles. The van der Waals surface area contributed by atoms with Gasteiger partial charge in [0, 0.05) is 12.8 Å². The molecule has 0 bridgehead atoms. The second kappa shape index (κ2) is 44.8. The van der Waals surface area contributed by atoms with Crippen LogP contribution >= 0.6 is 0 Å². The summed E-state index contributed by atoms with van der Waals surface area (Å²) in [7, 11) is 0. The Balaban J connectivity index is 2.13. The Morgan fingerprint density at radius 3 is 1.59 bits per heavy atom. The van der Waals surface area contributed by atoms with Gasteiger partial charge < -0.3 is 45.1 Å². The quantitative estimate of drug-likeness (QED) is 0.0196. The van der Waals surface area contributed by atoms with Gasteiger partial charge in [0.15, 0.2) is 6.29 Å². The number of amides is 1. The van der Waals surface area contributed by atoms with Crippen LogP contribution in [-0.2, 0) is 23.8 Å². The summed E-state index contributed by atoms with van der Waals surface area (Å²) >= 11 is 0. The predicted octanol–water partition coefficient (Wildman–Crippen LogP) is 11.1. The number of carbonyl (C=O) groups excluding carboxylic acids is 2. The summed E-state index contributed by atoms with van der Waals surface area (Å²) in [5, 5.41) is 54.0. The number of esters is 1. The van der Waals surface area contributed by atoms with E-state index in [1.54, 1.807) is 6.08 Å². The summed E-state index contributed by atoms with van der Waals surface area (Å²) in [5.41, 5.74) is 0. The molecule has 0 aromatic rings. The maximum Gasteiger partial charge on any atom is 0.305 e. The van der Waals surface area contributed by atoms with E-state index < -0.39 is 49.5 Å². The Hall–Kier alpha value is -2.64. The molecule has 11 heteroatoms. The molecule has 1 rings (SSSR count). The second-order valence-corrected chi connectivity index (χ2v) is 18.2. The average Bonchev–Trinajstić information content (AvgIpc) is 3.31. The summed E-state index contributed by atoms with van der Waals surface area (Å²) in [5.74, 6) is -0.295. The van der Waals surface area contributed by atoms with Crippen molar-refractivity contribution in [2.24, 2.45) is 0 Å². The molecular formula is C55H97NO10. The highest BCUT2D eigenvalue weighted by atomic mass is 16.7. The molecule has 0 aliphatic carbocycles. The smallest absolute Gasteiger partial charge is 0.305 e. The third kappa shape index (κ3) is 34.6. The molecule has 1 aliphatic heterocycles. The fourth-order valence-electron chi connectivity index (χ4n) is 7.87. The van der Waals surface area contributed by atoms with Gasteiger partial charge in [0.05, 0.1) is 32.0 Å². The van der Waals surface area contributed by atoms with Crippen LogP contribution in [0.25, 0.3) is 0 Å². The second-order valence-electron chi connectivity index (χ2n) is 18.2. The average molecular weight is 932 g/mol. The number of hydrogen-bond donors (Lipinski definition) is 6. The first kappa shape index (κ1) is 61.4. The number of allylic oxidation sites excluding steroid dienone is 9. The van der Waals surface area contributed by atoms with E-state index >= 15 is 0 Å². The Morgan fingerprint density at radius 2 is 1.05 bits per heavy atom. The van der Waals surface area contributed by atoms with E-state index in [1.807, 2.05) is 19.1 Å². The van der Waals surface area contributed by atoms with Gasteiger partial charge in [0.1, 0.15) is 24.4 Å². The zero-order valence-electron chi connectivity index (χ0n) is 41.6. The fraction of sp³-hybridized carbons (Fsp3) is 0.782. The van der Waals surface area contributed by atoms with Gasteiger partial charge in [-0.25, -0.2) is 0 Å². The van der Waals surface area contributed by atoms with Crippen LogP contribution in [0.15, 0.2) is 60.8 Å². The van der Waals surface area contributed by atoms with Crippen LogP contribution in [0.3, 0.4) is 0 Å². The van der Waals surface area contributed by atoms with Crippen molar-refractivity contribution in [3.63, 3.8) is 0 Å². The van der Waals surface area contributed by atoms with Crippen LogP contribution in [0.1, 0.15) is 213 Å². The zero-order valence-corrected chi connectivity index (χ0v) is 41.6. The summed E-state index contributed by atoms with van der Waals surface area (Å²) in [6.07, 6.45) is 46.2. The molecule has 0 saturated carbocycles. The summed E-state index contributed by atoms with van der Waals surface area (Å²) in [4.78, 5) is 25.0. The molecule has 1 heterocycles. The normalized spacial score (nSPS) is 20.1. The van der Waals surface area contributed by atoms with Gasteiger partial charge in [-0.05, 0) is 103 Å². The van der Waals surface area contributed by atoms with Crippen LogP contribution in [0.2, 0.25) is 0 Å². The molecule has 382 valence electrons. The van der Waals surface area contributed by atoms with Crippen molar-refractivity contribution in [1.29, 1.82) is 0 Å². The Bertz CT molecular complexity index is 1280. The van der Waals surface area contributed by atoms with Gasteiger partial charge >= 0.3 is 5.97 Å². The molecule has 0 spiro atoms. The van der Waals surface area contributed by atoms with E-state index in [-0.39, 0.29) is 24.9 Å². The molecule has 1 fully saturated rings. The van der Waals surface area contributed by atoms with Crippen LogP contribution in [0.4, 0.5) is 0 Å². The van der Waals surface area contributed by atoms with Crippen molar-refractivity contribution in [3.05, 3.63) is 60.8 Å². The lowest BCUT2D eigenvalue weighted by atomic mass is 9.99. The van der Waals surface area contributed by atoms with E-state index in [1.165, 1.54) is 89.9 Å². The number of carbonyl (C=O) groups is 2. The monoisotopic (exact) mass is 932 g/mol. The number of hydrogen-bond acceptors (Lipinski definition) is 10. The van der Waals surface area contributed by atoms with Gasteiger partial charge in [-0.3, -0.25) is 9.59 Å². The van der Waals surface area contributed by atoms with Crippen molar-refractivity contribution in [2.45, 2.75) is 256 Å². The van der Waals surface area contributed by atoms with Crippen molar-refractivity contribution in [1.82, 2.24) is 5.32 Å². The van der Waals surface area contributed by atoms with E-state index in [2.05, 4.69) is 54.8 Å². The standard InChI is InChI=1S/C55H97NO10/c1-3-5-7-9-11-13-14-15-16-17-18-19-20-23-27-31-35-39-43-51(60)64-44-40-36-32-28-24-21-22-26-30-34-38-42-50(59)56-47(48(58)41-37-33-29-25-12-10-8-6-4-2)46-65-55-54(63)53(62)52(61)49(45-57)66-55/h4,6,12,16-17,24-25,28,37,41,47-49,52-55,57-58,61-63H,3,5,7-11,13-15,18-23,26-27,29-36,38-40,42-46H2,1-2H3,(H,56,59)/b6-4+,17-16-,25-12+,28-24-,41-37+. The number of ether oxygens (including phenoxy) is 3. The van der Waals surface area contributed by atoms with Crippen molar-refractivity contribution in [3.8, 4) is 0 Å². The third-order valence-electron chi connectivity index (χ3n) is 12.1. The minimum Gasteiger partial charge on any atom is -0.466 e. The first-order chi connectivity index (χ1) is 32.2. The molecule has 1 aliphatic rings. The van der Waals surface area contributed by atoms with Crippen LogP contribution < -0.4 is 5.32 Å². The van der Waals surface area contributed by atoms with Crippen molar-refractivity contribution in [2.75, 3.05) is 19.8 Å². The van der Waals surface area contributed by atoms with Gasteiger partial charge in [-0.1, -0.05) is 158 Å². The Morgan fingerprint density at radius 1 is 0.576 bits per heavy atom. The van der Waals surface area contributed by atoms with Crippen LogP contribution in [0.5, 0.6) is 0 Å². The van der Waals surface area contributed by atoms with Crippen molar-refractivity contribution >= 4 is 11.9 Å². The lowest BCUT2D eigenvalue weighted by Crippen LogP contribution is -2.60. The molecule has 0 aromatic heterocycles. The molecule has 7 unspecified atom stereocenters. The molecule has 1 amide bonds. The van der Waals surface area contributed by atoms with Gasteiger partial charge in [-0.15, -0.1) is 0 Å².